The second-order valence-electron chi connectivity index (χ2n) is 7.01. The molecule has 0 saturated heterocycles. The summed E-state index contributed by atoms with van der Waals surface area (Å²) in [6.45, 7) is 4.73. The van der Waals surface area contributed by atoms with Crippen LogP contribution in [0.3, 0.4) is 0 Å². The summed E-state index contributed by atoms with van der Waals surface area (Å²) >= 11 is 0. The van der Waals surface area contributed by atoms with Gasteiger partial charge in [-0.05, 0) is 49.7 Å². The molecule has 1 aliphatic carbocycles. The molecule has 0 bridgehead atoms. The van der Waals surface area contributed by atoms with Crippen LogP contribution >= 0.6 is 24.0 Å². The summed E-state index contributed by atoms with van der Waals surface area (Å²) in [5, 5.41) is 6.92. The standard InChI is InChI=1S/C20H33N3O2.HI/c1-16-6-7-18(25-4)17(14-16)8-12-22-19(21-2)23-15-20(9-5-10-20)11-13-24-3;/h6-7,14H,5,8-13,15H2,1-4H3,(H2,21,22,23);1H. The minimum Gasteiger partial charge on any atom is -0.496 e. The number of methoxy groups -OCH3 is 2. The van der Waals surface area contributed by atoms with Crippen molar-refractivity contribution < 1.29 is 9.47 Å². The lowest BCUT2D eigenvalue weighted by Gasteiger charge is -2.42. The van der Waals surface area contributed by atoms with E-state index in [2.05, 4.69) is 34.7 Å². The number of hydrogen-bond acceptors (Lipinski definition) is 3. The number of aliphatic imine (C=N–C) groups is 1. The number of benzene rings is 1. The lowest BCUT2D eigenvalue weighted by Crippen LogP contribution is -2.47. The molecule has 1 saturated carbocycles. The topological polar surface area (TPSA) is 54.9 Å². The van der Waals surface area contributed by atoms with E-state index in [4.69, 9.17) is 9.47 Å². The molecule has 1 aromatic rings. The Balaban J connectivity index is 0.00000338. The third kappa shape index (κ3) is 6.61. The van der Waals surface area contributed by atoms with E-state index < -0.39 is 0 Å². The van der Waals surface area contributed by atoms with E-state index in [9.17, 15) is 0 Å². The lowest BCUT2D eigenvalue weighted by atomic mass is 9.67. The number of hydrogen-bond donors (Lipinski definition) is 2. The van der Waals surface area contributed by atoms with E-state index in [-0.39, 0.29) is 24.0 Å². The molecule has 1 aromatic carbocycles. The maximum Gasteiger partial charge on any atom is 0.191 e. The van der Waals surface area contributed by atoms with Gasteiger partial charge in [-0.3, -0.25) is 4.99 Å². The molecule has 5 nitrogen and oxygen atoms in total. The van der Waals surface area contributed by atoms with Crippen molar-refractivity contribution in [3.05, 3.63) is 29.3 Å². The number of ether oxygens (including phenoxy) is 2. The van der Waals surface area contributed by atoms with Crippen LogP contribution in [0.15, 0.2) is 23.2 Å². The molecule has 0 unspecified atom stereocenters. The number of rotatable bonds is 9. The van der Waals surface area contributed by atoms with Crippen LogP contribution in [0.1, 0.15) is 36.8 Å². The van der Waals surface area contributed by atoms with Gasteiger partial charge in [-0.1, -0.05) is 24.1 Å². The molecule has 26 heavy (non-hydrogen) atoms. The van der Waals surface area contributed by atoms with E-state index >= 15 is 0 Å². The van der Waals surface area contributed by atoms with Gasteiger partial charge in [0.1, 0.15) is 5.75 Å². The highest BCUT2D eigenvalue weighted by molar-refractivity contribution is 14.0. The minimum atomic E-state index is 0. The summed E-state index contributed by atoms with van der Waals surface area (Å²) in [5.41, 5.74) is 2.86. The molecule has 1 aliphatic rings. The van der Waals surface area contributed by atoms with Crippen molar-refractivity contribution in [2.75, 3.05) is 41.0 Å². The van der Waals surface area contributed by atoms with Crippen LogP contribution in [-0.4, -0.2) is 46.9 Å². The average Bonchev–Trinajstić information content (AvgIpc) is 2.59. The smallest absolute Gasteiger partial charge is 0.191 e. The number of nitrogens with zero attached hydrogens (tertiary/aromatic N) is 1. The monoisotopic (exact) mass is 475 g/mol. The zero-order valence-electron chi connectivity index (χ0n) is 16.6. The summed E-state index contributed by atoms with van der Waals surface area (Å²) in [7, 11) is 5.32. The highest BCUT2D eigenvalue weighted by Gasteiger charge is 2.36. The van der Waals surface area contributed by atoms with Crippen LogP contribution < -0.4 is 15.4 Å². The first-order valence-electron chi connectivity index (χ1n) is 9.19. The van der Waals surface area contributed by atoms with Crippen molar-refractivity contribution in [1.29, 1.82) is 0 Å². The predicted molar refractivity (Wildman–Crippen MR) is 119 cm³/mol. The molecule has 0 aromatic heterocycles. The second kappa shape index (κ2) is 11.6. The van der Waals surface area contributed by atoms with E-state index in [1.54, 1.807) is 14.2 Å². The van der Waals surface area contributed by atoms with Crippen LogP contribution in [0.2, 0.25) is 0 Å². The van der Waals surface area contributed by atoms with Crippen LogP contribution in [0, 0.1) is 12.3 Å². The lowest BCUT2D eigenvalue weighted by molar-refractivity contribution is 0.0732. The van der Waals surface area contributed by atoms with Gasteiger partial charge in [0.2, 0.25) is 0 Å². The molecule has 0 aliphatic heterocycles. The summed E-state index contributed by atoms with van der Waals surface area (Å²) in [6.07, 6.45) is 5.90. The van der Waals surface area contributed by atoms with Gasteiger partial charge in [0.25, 0.3) is 0 Å². The van der Waals surface area contributed by atoms with Crippen molar-refractivity contribution in [3.63, 3.8) is 0 Å². The van der Waals surface area contributed by atoms with E-state index in [0.717, 1.165) is 44.2 Å². The predicted octanol–water partition coefficient (Wildman–Crippen LogP) is 3.54. The Morgan fingerprint density at radius 2 is 2.00 bits per heavy atom. The SMILES string of the molecule is CN=C(NCCc1cc(C)ccc1OC)NCC1(CCOC)CCC1.I. The minimum absolute atomic E-state index is 0. The Morgan fingerprint density at radius 3 is 2.58 bits per heavy atom. The van der Waals surface area contributed by atoms with Crippen molar-refractivity contribution in [1.82, 2.24) is 10.6 Å². The summed E-state index contributed by atoms with van der Waals surface area (Å²) in [4.78, 5) is 4.35. The molecule has 0 atom stereocenters. The fourth-order valence-electron chi connectivity index (χ4n) is 3.42. The number of nitrogens with one attached hydrogen (secondary N) is 2. The number of guanidine groups is 1. The van der Waals surface area contributed by atoms with Crippen LogP contribution in [0.4, 0.5) is 0 Å². The fourth-order valence-corrected chi connectivity index (χ4v) is 3.42. The Labute approximate surface area is 175 Å². The molecule has 2 N–H and O–H groups in total. The molecule has 1 fully saturated rings. The second-order valence-corrected chi connectivity index (χ2v) is 7.01. The zero-order chi connectivity index (χ0) is 18.1. The van der Waals surface area contributed by atoms with Gasteiger partial charge in [0.05, 0.1) is 7.11 Å². The van der Waals surface area contributed by atoms with Gasteiger partial charge in [-0.25, -0.2) is 0 Å². The highest BCUT2D eigenvalue weighted by Crippen LogP contribution is 2.43. The van der Waals surface area contributed by atoms with Crippen LogP contribution in [0.5, 0.6) is 5.75 Å². The molecular formula is C20H34IN3O2. The highest BCUT2D eigenvalue weighted by atomic mass is 127. The zero-order valence-corrected chi connectivity index (χ0v) is 18.9. The molecule has 0 heterocycles. The van der Waals surface area contributed by atoms with Gasteiger partial charge in [-0.2, -0.15) is 0 Å². The third-order valence-electron chi connectivity index (χ3n) is 5.23. The summed E-state index contributed by atoms with van der Waals surface area (Å²) in [6, 6.07) is 6.30. The molecule has 0 spiro atoms. The number of halogens is 1. The Kier molecular flexibility index (Phi) is 10.3. The van der Waals surface area contributed by atoms with Crippen LogP contribution in [0.25, 0.3) is 0 Å². The van der Waals surface area contributed by atoms with Gasteiger partial charge >= 0.3 is 0 Å². The van der Waals surface area contributed by atoms with Gasteiger partial charge < -0.3 is 20.1 Å². The van der Waals surface area contributed by atoms with Crippen molar-refractivity contribution >= 4 is 29.9 Å². The molecule has 148 valence electrons. The third-order valence-corrected chi connectivity index (χ3v) is 5.23. The first kappa shape index (κ1) is 23.0. The molecular weight excluding hydrogens is 441 g/mol. The van der Waals surface area contributed by atoms with E-state index in [1.165, 1.54) is 30.4 Å². The summed E-state index contributed by atoms with van der Waals surface area (Å²) in [5.74, 6) is 1.82. The van der Waals surface area contributed by atoms with E-state index in [0.29, 0.717) is 5.41 Å². The largest absolute Gasteiger partial charge is 0.496 e. The van der Waals surface area contributed by atoms with Crippen molar-refractivity contribution in [3.8, 4) is 5.75 Å². The maximum absolute atomic E-state index is 5.45. The summed E-state index contributed by atoms with van der Waals surface area (Å²) < 4.78 is 10.7. The van der Waals surface area contributed by atoms with Gasteiger partial charge in [0, 0.05) is 33.9 Å². The normalized spacial score (nSPS) is 15.6. The van der Waals surface area contributed by atoms with Gasteiger partial charge in [0.15, 0.2) is 5.96 Å². The van der Waals surface area contributed by atoms with Gasteiger partial charge in [-0.15, -0.1) is 24.0 Å². The Morgan fingerprint density at radius 1 is 1.23 bits per heavy atom. The molecule has 6 heteroatoms. The van der Waals surface area contributed by atoms with Crippen molar-refractivity contribution in [2.24, 2.45) is 10.4 Å². The fraction of sp³-hybridized carbons (Fsp3) is 0.650. The molecule has 0 amide bonds. The first-order chi connectivity index (χ1) is 12.1. The quantitative estimate of drug-likeness (QED) is 0.326. The molecule has 0 radical (unpaired) electrons. The van der Waals surface area contributed by atoms with Crippen molar-refractivity contribution in [2.45, 2.75) is 39.0 Å². The average molecular weight is 475 g/mol. The Hall–Kier alpha value is -1.02. The van der Waals surface area contributed by atoms with Crippen LogP contribution in [-0.2, 0) is 11.2 Å². The Bertz CT molecular complexity index is 574. The maximum atomic E-state index is 5.45. The number of aryl methyl sites for hydroxylation is 1. The first-order valence-corrected chi connectivity index (χ1v) is 9.19. The molecule has 2 rings (SSSR count). The van der Waals surface area contributed by atoms with E-state index in [1.807, 2.05) is 13.1 Å².